The van der Waals surface area contributed by atoms with Gasteiger partial charge < -0.3 is 10.2 Å². The third-order valence-corrected chi connectivity index (χ3v) is 4.78. The number of allylic oxidation sites excluding steroid dienone is 8. The van der Waals surface area contributed by atoms with Crippen LogP contribution in [-0.4, -0.2) is 10.2 Å². The molecule has 0 spiro atoms. The van der Waals surface area contributed by atoms with Gasteiger partial charge >= 0.3 is 0 Å². The van der Waals surface area contributed by atoms with E-state index in [9.17, 15) is 10.2 Å². The SMILES string of the molecule is C=C1C(=C2C=CC(=C)[C@H](C)C=C2O)C(C)=C1c1ccc(C)cc1O. The van der Waals surface area contributed by atoms with Crippen LogP contribution in [0.3, 0.4) is 0 Å². The van der Waals surface area contributed by atoms with Crippen molar-refractivity contribution in [3.05, 3.63) is 94.3 Å². The average molecular weight is 318 g/mol. The fraction of sp³-hybridized carbons (Fsp3) is 0.182. The Balaban J connectivity index is 2.14. The number of hydrogen-bond donors (Lipinski definition) is 2. The molecule has 0 saturated carbocycles. The van der Waals surface area contributed by atoms with Crippen molar-refractivity contribution in [2.45, 2.75) is 20.8 Å². The van der Waals surface area contributed by atoms with Gasteiger partial charge in [-0.05, 0) is 59.4 Å². The van der Waals surface area contributed by atoms with Crippen molar-refractivity contribution in [3.8, 4) is 5.75 Å². The minimum Gasteiger partial charge on any atom is -0.508 e. The van der Waals surface area contributed by atoms with Crippen LogP contribution in [0.2, 0.25) is 0 Å². The third-order valence-electron chi connectivity index (χ3n) is 4.78. The number of phenolic OH excluding ortho intramolecular Hbond substituents is 1. The molecule has 0 amide bonds. The molecular weight excluding hydrogens is 296 g/mol. The molecule has 2 nitrogen and oxygen atoms in total. The highest BCUT2D eigenvalue weighted by molar-refractivity contribution is 6.00. The highest BCUT2D eigenvalue weighted by Crippen LogP contribution is 2.49. The van der Waals surface area contributed by atoms with Gasteiger partial charge in [0.15, 0.2) is 0 Å². The summed E-state index contributed by atoms with van der Waals surface area (Å²) in [6.45, 7) is 14.1. The molecule has 0 saturated heterocycles. The molecule has 24 heavy (non-hydrogen) atoms. The van der Waals surface area contributed by atoms with Crippen molar-refractivity contribution in [1.82, 2.24) is 0 Å². The highest BCUT2D eigenvalue weighted by atomic mass is 16.3. The van der Waals surface area contributed by atoms with Crippen LogP contribution in [0.4, 0.5) is 0 Å². The van der Waals surface area contributed by atoms with E-state index in [4.69, 9.17) is 0 Å². The normalized spacial score (nSPS) is 24.0. The molecule has 0 heterocycles. The first kappa shape index (κ1) is 16.1. The zero-order chi connectivity index (χ0) is 17.6. The minimum atomic E-state index is 0.0950. The van der Waals surface area contributed by atoms with Crippen LogP contribution in [0, 0.1) is 12.8 Å². The van der Waals surface area contributed by atoms with Gasteiger partial charge in [-0.15, -0.1) is 0 Å². The van der Waals surface area contributed by atoms with Crippen molar-refractivity contribution in [3.63, 3.8) is 0 Å². The first-order chi connectivity index (χ1) is 11.3. The molecule has 0 fully saturated rings. The second-order valence-electron chi connectivity index (χ2n) is 6.54. The monoisotopic (exact) mass is 318 g/mol. The van der Waals surface area contributed by atoms with E-state index >= 15 is 0 Å². The molecular formula is C22H22O2. The Bertz CT molecular complexity index is 889. The number of aliphatic hydroxyl groups is 1. The molecule has 0 aliphatic heterocycles. The maximum Gasteiger partial charge on any atom is 0.123 e. The summed E-state index contributed by atoms with van der Waals surface area (Å²) in [5, 5.41) is 20.7. The summed E-state index contributed by atoms with van der Waals surface area (Å²) in [5.41, 5.74) is 7.28. The van der Waals surface area contributed by atoms with Gasteiger partial charge in [-0.1, -0.05) is 44.4 Å². The summed E-state index contributed by atoms with van der Waals surface area (Å²) >= 11 is 0. The van der Waals surface area contributed by atoms with Crippen LogP contribution in [0.5, 0.6) is 5.75 Å². The number of aromatic hydroxyl groups is 1. The summed E-state index contributed by atoms with van der Waals surface area (Å²) in [6, 6.07) is 5.64. The molecule has 1 atom stereocenters. The minimum absolute atomic E-state index is 0.0950. The van der Waals surface area contributed by atoms with Gasteiger partial charge in [-0.25, -0.2) is 0 Å². The fourth-order valence-corrected chi connectivity index (χ4v) is 3.29. The first-order valence-electron chi connectivity index (χ1n) is 8.04. The van der Waals surface area contributed by atoms with E-state index in [-0.39, 0.29) is 17.4 Å². The number of aryl methyl sites for hydroxylation is 1. The number of aliphatic hydroxyl groups excluding tert-OH is 1. The number of rotatable bonds is 1. The van der Waals surface area contributed by atoms with E-state index in [1.165, 1.54) is 0 Å². The van der Waals surface area contributed by atoms with Crippen LogP contribution < -0.4 is 0 Å². The number of benzene rings is 1. The summed E-state index contributed by atoms with van der Waals surface area (Å²) in [7, 11) is 0. The summed E-state index contributed by atoms with van der Waals surface area (Å²) in [5.74, 6) is 0.602. The van der Waals surface area contributed by atoms with Crippen LogP contribution in [-0.2, 0) is 0 Å². The second kappa shape index (κ2) is 5.72. The summed E-state index contributed by atoms with van der Waals surface area (Å²) < 4.78 is 0. The lowest BCUT2D eigenvalue weighted by atomic mass is 9.73. The van der Waals surface area contributed by atoms with Gasteiger partial charge in [-0.3, -0.25) is 0 Å². The van der Waals surface area contributed by atoms with E-state index in [1.807, 2.05) is 51.1 Å². The van der Waals surface area contributed by atoms with Gasteiger partial charge in [0.2, 0.25) is 0 Å². The Hall–Kier alpha value is -2.74. The van der Waals surface area contributed by atoms with Gasteiger partial charge in [0.05, 0.1) is 0 Å². The largest absolute Gasteiger partial charge is 0.508 e. The zero-order valence-electron chi connectivity index (χ0n) is 14.4. The van der Waals surface area contributed by atoms with Crippen LogP contribution in [0.1, 0.15) is 25.0 Å². The Kier molecular flexibility index (Phi) is 3.84. The maximum absolute atomic E-state index is 10.5. The molecule has 1 aromatic rings. The van der Waals surface area contributed by atoms with Crippen LogP contribution >= 0.6 is 0 Å². The van der Waals surface area contributed by atoms with Crippen LogP contribution in [0.15, 0.2) is 83.2 Å². The molecule has 0 radical (unpaired) electrons. The Morgan fingerprint density at radius 3 is 2.33 bits per heavy atom. The van der Waals surface area contributed by atoms with Crippen molar-refractivity contribution in [1.29, 1.82) is 0 Å². The van der Waals surface area contributed by atoms with Gasteiger partial charge in [-0.2, -0.15) is 0 Å². The predicted octanol–water partition coefficient (Wildman–Crippen LogP) is 5.54. The molecule has 1 aromatic carbocycles. The lowest BCUT2D eigenvalue weighted by Gasteiger charge is -2.31. The fourth-order valence-electron chi connectivity index (χ4n) is 3.29. The molecule has 0 bridgehead atoms. The van der Waals surface area contributed by atoms with Crippen molar-refractivity contribution in [2.24, 2.45) is 5.92 Å². The molecule has 2 N–H and O–H groups in total. The molecule has 3 rings (SSSR count). The van der Waals surface area contributed by atoms with E-state index < -0.39 is 0 Å². The predicted molar refractivity (Wildman–Crippen MR) is 99.8 cm³/mol. The first-order valence-corrected chi connectivity index (χ1v) is 8.04. The zero-order valence-corrected chi connectivity index (χ0v) is 14.4. The summed E-state index contributed by atoms with van der Waals surface area (Å²) in [4.78, 5) is 0. The molecule has 2 heteroatoms. The molecule has 0 aromatic heterocycles. The Morgan fingerprint density at radius 2 is 1.71 bits per heavy atom. The van der Waals surface area contributed by atoms with E-state index in [0.717, 1.165) is 44.6 Å². The van der Waals surface area contributed by atoms with E-state index in [2.05, 4.69) is 13.2 Å². The van der Waals surface area contributed by atoms with Crippen molar-refractivity contribution in [2.75, 3.05) is 0 Å². The third kappa shape index (κ3) is 2.44. The van der Waals surface area contributed by atoms with Crippen LogP contribution in [0.25, 0.3) is 5.57 Å². The van der Waals surface area contributed by atoms with Crippen molar-refractivity contribution < 1.29 is 10.2 Å². The Morgan fingerprint density at radius 1 is 1.00 bits per heavy atom. The smallest absolute Gasteiger partial charge is 0.123 e. The topological polar surface area (TPSA) is 40.5 Å². The number of phenols is 1. The van der Waals surface area contributed by atoms with Gasteiger partial charge in [0.25, 0.3) is 0 Å². The molecule has 122 valence electrons. The van der Waals surface area contributed by atoms with E-state index in [1.54, 1.807) is 6.07 Å². The van der Waals surface area contributed by atoms with E-state index in [0.29, 0.717) is 0 Å². The molecule has 2 aliphatic rings. The highest BCUT2D eigenvalue weighted by Gasteiger charge is 2.31. The molecule has 0 unspecified atom stereocenters. The van der Waals surface area contributed by atoms with Gasteiger partial charge in [0, 0.05) is 17.1 Å². The average Bonchev–Trinajstić information content (AvgIpc) is 2.63. The lowest BCUT2D eigenvalue weighted by Crippen LogP contribution is -2.12. The quantitative estimate of drug-likeness (QED) is 0.713. The number of hydrogen-bond acceptors (Lipinski definition) is 2. The Labute approximate surface area is 143 Å². The van der Waals surface area contributed by atoms with Crippen molar-refractivity contribution >= 4 is 5.57 Å². The lowest BCUT2D eigenvalue weighted by molar-refractivity contribution is 0.421. The maximum atomic E-state index is 10.5. The summed E-state index contributed by atoms with van der Waals surface area (Å²) in [6.07, 6.45) is 5.65. The standard InChI is InChI=1S/C22H22O2/c1-12-6-8-17(19(23)10-12)21-15(4)22(16(21)5)18-9-7-13(2)14(3)11-20(18)24/h6-11,14,23-24H,2,4H2,1,3,5H3/t14-/m1/s1. The van der Waals surface area contributed by atoms with Gasteiger partial charge in [0.1, 0.15) is 11.5 Å². The second-order valence-corrected chi connectivity index (χ2v) is 6.54. The molecule has 2 aliphatic carbocycles.